The molecular formula is C15H19Cl2N3O. The maximum Gasteiger partial charge on any atom is 0.125 e. The Bertz CT molecular complexity index is 623. The van der Waals surface area contributed by atoms with Crippen LogP contribution in [0.5, 0.6) is 0 Å². The minimum absolute atomic E-state index is 0.292. The van der Waals surface area contributed by atoms with E-state index >= 15 is 0 Å². The standard InChI is InChI=1S/C15H19Cl2N3O/c1-11(10-19-4-6-21-7-5-19)20-14-8-12(17)2-3-13(14)18-15(20)9-16/h2-3,8,11H,4-7,9-10H2,1H3. The number of imidazole rings is 1. The fourth-order valence-corrected chi connectivity index (χ4v) is 3.30. The predicted octanol–water partition coefficient (Wildman–Crippen LogP) is 3.32. The summed E-state index contributed by atoms with van der Waals surface area (Å²) in [6.45, 7) is 6.75. The number of fused-ring (bicyclic) bond motifs is 1. The molecule has 1 aliphatic rings. The number of ether oxygens (including phenoxy) is 1. The van der Waals surface area contributed by atoms with Crippen molar-refractivity contribution in [3.63, 3.8) is 0 Å². The molecule has 1 unspecified atom stereocenters. The van der Waals surface area contributed by atoms with Crippen molar-refractivity contribution in [1.82, 2.24) is 14.5 Å². The van der Waals surface area contributed by atoms with Gasteiger partial charge in [-0.25, -0.2) is 4.98 Å². The summed E-state index contributed by atoms with van der Waals surface area (Å²) < 4.78 is 7.62. The summed E-state index contributed by atoms with van der Waals surface area (Å²) >= 11 is 12.2. The Labute approximate surface area is 134 Å². The summed E-state index contributed by atoms with van der Waals surface area (Å²) in [6, 6.07) is 6.08. The highest BCUT2D eigenvalue weighted by Gasteiger charge is 2.19. The Hall–Kier alpha value is -0.810. The van der Waals surface area contributed by atoms with Gasteiger partial charge in [-0.2, -0.15) is 0 Å². The summed E-state index contributed by atoms with van der Waals surface area (Å²) in [6.07, 6.45) is 0. The van der Waals surface area contributed by atoms with Crippen molar-refractivity contribution < 1.29 is 4.74 Å². The van der Waals surface area contributed by atoms with Crippen molar-refractivity contribution in [1.29, 1.82) is 0 Å². The van der Waals surface area contributed by atoms with E-state index in [1.807, 2.05) is 18.2 Å². The van der Waals surface area contributed by atoms with Gasteiger partial charge in [0.1, 0.15) is 5.82 Å². The van der Waals surface area contributed by atoms with Crippen molar-refractivity contribution in [2.75, 3.05) is 32.8 Å². The zero-order valence-corrected chi connectivity index (χ0v) is 13.6. The Morgan fingerprint density at radius 3 is 2.81 bits per heavy atom. The maximum absolute atomic E-state index is 6.14. The lowest BCUT2D eigenvalue weighted by molar-refractivity contribution is 0.0326. The Balaban J connectivity index is 1.91. The van der Waals surface area contributed by atoms with E-state index < -0.39 is 0 Å². The monoisotopic (exact) mass is 327 g/mol. The predicted molar refractivity (Wildman–Crippen MR) is 86.3 cm³/mol. The Morgan fingerprint density at radius 2 is 2.10 bits per heavy atom. The third-order valence-electron chi connectivity index (χ3n) is 3.91. The van der Waals surface area contributed by atoms with E-state index in [0.717, 1.165) is 54.7 Å². The van der Waals surface area contributed by atoms with Crippen molar-refractivity contribution in [3.05, 3.63) is 29.0 Å². The second kappa shape index (κ2) is 6.53. The van der Waals surface area contributed by atoms with E-state index in [-0.39, 0.29) is 0 Å². The first-order valence-electron chi connectivity index (χ1n) is 7.21. The molecule has 0 spiro atoms. The second-order valence-corrected chi connectivity index (χ2v) is 6.13. The lowest BCUT2D eigenvalue weighted by Crippen LogP contribution is -2.39. The number of benzene rings is 1. The fraction of sp³-hybridized carbons (Fsp3) is 0.533. The molecule has 1 aromatic carbocycles. The Morgan fingerprint density at radius 1 is 1.33 bits per heavy atom. The molecule has 114 valence electrons. The first-order chi connectivity index (χ1) is 10.2. The number of hydrogen-bond acceptors (Lipinski definition) is 3. The first-order valence-corrected chi connectivity index (χ1v) is 8.12. The molecular weight excluding hydrogens is 309 g/mol. The number of aromatic nitrogens is 2. The SMILES string of the molecule is CC(CN1CCOCC1)n1c(CCl)nc2ccc(Cl)cc21. The molecule has 2 heterocycles. The average molecular weight is 328 g/mol. The minimum Gasteiger partial charge on any atom is -0.379 e. The van der Waals surface area contributed by atoms with Gasteiger partial charge in [0.15, 0.2) is 0 Å². The molecule has 21 heavy (non-hydrogen) atoms. The normalized spacial score (nSPS) is 18.2. The van der Waals surface area contributed by atoms with Crippen LogP contribution in [0.3, 0.4) is 0 Å². The largest absolute Gasteiger partial charge is 0.379 e. The quantitative estimate of drug-likeness (QED) is 0.807. The van der Waals surface area contributed by atoms with Crippen LogP contribution in [0.4, 0.5) is 0 Å². The van der Waals surface area contributed by atoms with E-state index in [1.54, 1.807) is 0 Å². The maximum atomic E-state index is 6.14. The van der Waals surface area contributed by atoms with Gasteiger partial charge in [0.25, 0.3) is 0 Å². The van der Waals surface area contributed by atoms with Crippen LogP contribution in [-0.4, -0.2) is 47.3 Å². The van der Waals surface area contributed by atoms with Gasteiger partial charge < -0.3 is 9.30 Å². The van der Waals surface area contributed by atoms with Crippen LogP contribution in [-0.2, 0) is 10.6 Å². The Kier molecular flexibility index (Phi) is 4.69. The second-order valence-electron chi connectivity index (χ2n) is 5.43. The van der Waals surface area contributed by atoms with Crippen molar-refractivity contribution in [3.8, 4) is 0 Å². The van der Waals surface area contributed by atoms with E-state index in [9.17, 15) is 0 Å². The summed E-state index contributed by atoms with van der Waals surface area (Å²) in [5.41, 5.74) is 2.00. The number of alkyl halides is 1. The van der Waals surface area contributed by atoms with E-state index in [1.165, 1.54) is 0 Å². The molecule has 4 nitrogen and oxygen atoms in total. The van der Waals surface area contributed by atoms with Crippen molar-refractivity contribution >= 4 is 34.2 Å². The number of hydrogen-bond donors (Lipinski definition) is 0. The van der Waals surface area contributed by atoms with Crippen LogP contribution in [0.2, 0.25) is 5.02 Å². The number of nitrogens with zero attached hydrogens (tertiary/aromatic N) is 3. The molecule has 0 amide bonds. The van der Waals surface area contributed by atoms with Crippen LogP contribution < -0.4 is 0 Å². The molecule has 0 aliphatic carbocycles. The van der Waals surface area contributed by atoms with E-state index in [2.05, 4.69) is 21.4 Å². The van der Waals surface area contributed by atoms with E-state index in [0.29, 0.717) is 11.9 Å². The third kappa shape index (κ3) is 3.19. The molecule has 6 heteroatoms. The van der Waals surface area contributed by atoms with Gasteiger partial charge in [0.05, 0.1) is 30.1 Å². The molecule has 0 saturated carbocycles. The van der Waals surface area contributed by atoms with Crippen molar-refractivity contribution in [2.24, 2.45) is 0 Å². The molecule has 1 aromatic heterocycles. The molecule has 1 atom stereocenters. The van der Waals surface area contributed by atoms with Crippen LogP contribution >= 0.6 is 23.2 Å². The molecule has 1 saturated heterocycles. The highest BCUT2D eigenvalue weighted by molar-refractivity contribution is 6.31. The average Bonchev–Trinajstić information content (AvgIpc) is 2.86. The summed E-state index contributed by atoms with van der Waals surface area (Å²) in [7, 11) is 0. The lowest BCUT2D eigenvalue weighted by atomic mass is 10.2. The number of rotatable bonds is 4. The first kappa shape index (κ1) is 15.1. The third-order valence-corrected chi connectivity index (χ3v) is 4.39. The highest BCUT2D eigenvalue weighted by Crippen LogP contribution is 2.25. The fourth-order valence-electron chi connectivity index (χ4n) is 2.94. The molecule has 0 N–H and O–H groups in total. The molecule has 1 aliphatic heterocycles. The van der Waals surface area contributed by atoms with Crippen LogP contribution in [0.1, 0.15) is 18.8 Å². The topological polar surface area (TPSA) is 30.3 Å². The van der Waals surface area contributed by atoms with Gasteiger partial charge in [-0.15, -0.1) is 11.6 Å². The zero-order chi connectivity index (χ0) is 14.8. The highest BCUT2D eigenvalue weighted by atomic mass is 35.5. The van der Waals surface area contributed by atoms with Crippen LogP contribution in [0.25, 0.3) is 11.0 Å². The van der Waals surface area contributed by atoms with Gasteiger partial charge in [-0.3, -0.25) is 4.90 Å². The zero-order valence-electron chi connectivity index (χ0n) is 12.1. The number of morpholine rings is 1. The van der Waals surface area contributed by atoms with Crippen molar-refractivity contribution in [2.45, 2.75) is 18.8 Å². The summed E-state index contributed by atoms with van der Waals surface area (Å²) in [5, 5.41) is 0.725. The minimum atomic E-state index is 0.292. The van der Waals surface area contributed by atoms with Gasteiger partial charge in [0.2, 0.25) is 0 Å². The van der Waals surface area contributed by atoms with Gasteiger partial charge in [-0.05, 0) is 25.1 Å². The smallest absolute Gasteiger partial charge is 0.125 e. The molecule has 0 radical (unpaired) electrons. The molecule has 1 fully saturated rings. The molecule has 0 bridgehead atoms. The summed E-state index contributed by atoms with van der Waals surface area (Å²) in [4.78, 5) is 7.03. The van der Waals surface area contributed by atoms with Crippen LogP contribution in [0.15, 0.2) is 18.2 Å². The van der Waals surface area contributed by atoms with Gasteiger partial charge >= 0.3 is 0 Å². The summed E-state index contributed by atoms with van der Waals surface area (Å²) in [5.74, 6) is 1.30. The lowest BCUT2D eigenvalue weighted by Gasteiger charge is -2.30. The molecule has 2 aromatic rings. The van der Waals surface area contributed by atoms with Crippen LogP contribution in [0, 0.1) is 0 Å². The van der Waals surface area contributed by atoms with E-state index in [4.69, 9.17) is 27.9 Å². The van der Waals surface area contributed by atoms with Gasteiger partial charge in [0, 0.05) is 30.7 Å². The van der Waals surface area contributed by atoms with Gasteiger partial charge in [-0.1, -0.05) is 11.6 Å². The number of halogens is 2. The molecule has 3 rings (SSSR count).